The van der Waals surface area contributed by atoms with Gasteiger partial charge >= 0.3 is 0 Å². The summed E-state index contributed by atoms with van der Waals surface area (Å²) < 4.78 is 27.6. The van der Waals surface area contributed by atoms with Gasteiger partial charge in [-0.05, 0) is 18.2 Å². The summed E-state index contributed by atoms with van der Waals surface area (Å²) in [6.07, 6.45) is 6.40. The molecule has 0 atom stereocenters. The van der Waals surface area contributed by atoms with Gasteiger partial charge in [-0.25, -0.2) is 13.8 Å². The van der Waals surface area contributed by atoms with E-state index in [-0.39, 0.29) is 5.69 Å². The van der Waals surface area contributed by atoms with Gasteiger partial charge in [-0.2, -0.15) is 0 Å². The molecule has 2 aromatic heterocycles. The van der Waals surface area contributed by atoms with Crippen molar-refractivity contribution in [3.8, 4) is 0 Å². The fourth-order valence-corrected chi connectivity index (χ4v) is 2.49. The number of nitrogens with one attached hydrogen (secondary N) is 1. The average Bonchev–Trinajstić information content (AvgIpc) is 3.04. The van der Waals surface area contributed by atoms with Gasteiger partial charge in [-0.3, -0.25) is 9.20 Å². The number of carbonyl (C=O) groups is 1. The molecule has 0 saturated carbocycles. The van der Waals surface area contributed by atoms with Crippen LogP contribution >= 0.6 is 11.3 Å². The van der Waals surface area contributed by atoms with Gasteiger partial charge in [0.1, 0.15) is 0 Å². The molecule has 0 aliphatic carbocycles. The third-order valence-corrected chi connectivity index (χ3v) is 3.54. The smallest absolute Gasteiger partial charge is 0.248 e. The lowest BCUT2D eigenvalue weighted by atomic mass is 10.3. The number of thiazole rings is 1. The lowest BCUT2D eigenvalue weighted by Crippen LogP contribution is -2.08. The monoisotopic (exact) mass is 305 g/mol. The summed E-state index contributed by atoms with van der Waals surface area (Å²) >= 11 is 1.49. The molecule has 0 aliphatic heterocycles. The van der Waals surface area contributed by atoms with Crippen molar-refractivity contribution in [3.05, 3.63) is 59.4 Å². The second-order valence-electron chi connectivity index (χ2n) is 4.19. The minimum Gasteiger partial charge on any atom is -0.322 e. The molecule has 0 unspecified atom stereocenters. The average molecular weight is 305 g/mol. The molecule has 0 aliphatic rings. The zero-order chi connectivity index (χ0) is 14.8. The molecule has 3 aromatic rings. The summed E-state index contributed by atoms with van der Waals surface area (Å²) in [5.41, 5.74) is 0.948. The van der Waals surface area contributed by atoms with Crippen LogP contribution in [0, 0.1) is 11.6 Å². The Hall–Kier alpha value is -2.54. The number of hydrogen-bond acceptors (Lipinski definition) is 3. The van der Waals surface area contributed by atoms with Crippen LogP contribution in [0.25, 0.3) is 11.0 Å². The minimum absolute atomic E-state index is 0.192. The van der Waals surface area contributed by atoms with Crippen molar-refractivity contribution in [2.45, 2.75) is 0 Å². The van der Waals surface area contributed by atoms with Crippen molar-refractivity contribution in [3.63, 3.8) is 0 Å². The van der Waals surface area contributed by atoms with Crippen LogP contribution in [0.15, 0.2) is 42.0 Å². The lowest BCUT2D eigenvalue weighted by Gasteiger charge is -2.02. The predicted octanol–water partition coefficient (Wildman–Crippen LogP) is 3.33. The maximum atomic E-state index is 13.0. The van der Waals surface area contributed by atoms with Crippen molar-refractivity contribution in [1.82, 2.24) is 9.38 Å². The number of anilines is 1. The van der Waals surface area contributed by atoms with Gasteiger partial charge < -0.3 is 5.32 Å². The van der Waals surface area contributed by atoms with Crippen LogP contribution in [-0.2, 0) is 4.79 Å². The Morgan fingerprint density at radius 2 is 2.19 bits per heavy atom. The first kappa shape index (κ1) is 13.4. The van der Waals surface area contributed by atoms with E-state index in [1.165, 1.54) is 23.5 Å². The van der Waals surface area contributed by atoms with Crippen LogP contribution in [0.5, 0.6) is 0 Å². The molecule has 21 heavy (non-hydrogen) atoms. The summed E-state index contributed by atoms with van der Waals surface area (Å²) in [5.74, 6) is -2.40. The summed E-state index contributed by atoms with van der Waals surface area (Å²) in [5, 5.41) is 4.34. The molecule has 0 radical (unpaired) electrons. The highest BCUT2D eigenvalue weighted by Crippen LogP contribution is 2.15. The molecule has 0 bridgehead atoms. The molecular formula is C14H9F2N3OS. The van der Waals surface area contributed by atoms with Crippen LogP contribution in [0.3, 0.4) is 0 Å². The normalized spacial score (nSPS) is 11.3. The van der Waals surface area contributed by atoms with Gasteiger partial charge in [0.15, 0.2) is 16.6 Å². The van der Waals surface area contributed by atoms with E-state index in [1.807, 2.05) is 16.0 Å². The summed E-state index contributed by atoms with van der Waals surface area (Å²) in [6, 6.07) is 3.18. The molecule has 0 fully saturated rings. The lowest BCUT2D eigenvalue weighted by molar-refractivity contribution is -0.111. The fraction of sp³-hybridized carbons (Fsp3) is 0. The van der Waals surface area contributed by atoms with Crippen molar-refractivity contribution in [2.75, 3.05) is 5.32 Å². The van der Waals surface area contributed by atoms with Gasteiger partial charge in [-0.15, -0.1) is 11.3 Å². The number of imidazole rings is 1. The first-order chi connectivity index (χ1) is 10.1. The second-order valence-corrected chi connectivity index (χ2v) is 5.06. The number of amides is 1. The summed E-state index contributed by atoms with van der Waals surface area (Å²) in [6.45, 7) is 0. The van der Waals surface area contributed by atoms with Gasteiger partial charge in [0, 0.05) is 29.4 Å². The molecule has 3 rings (SSSR count). The first-order valence-corrected chi connectivity index (χ1v) is 6.86. The zero-order valence-corrected chi connectivity index (χ0v) is 11.4. The van der Waals surface area contributed by atoms with Gasteiger partial charge in [-0.1, -0.05) is 0 Å². The summed E-state index contributed by atoms with van der Waals surface area (Å²) in [4.78, 5) is 16.7. The van der Waals surface area contributed by atoms with E-state index in [2.05, 4.69) is 10.3 Å². The van der Waals surface area contributed by atoms with Crippen LogP contribution in [0.1, 0.15) is 5.69 Å². The number of fused-ring (bicyclic) bond motifs is 1. The molecule has 0 spiro atoms. The van der Waals surface area contributed by atoms with Crippen LogP contribution in [-0.4, -0.2) is 15.3 Å². The van der Waals surface area contributed by atoms with Gasteiger partial charge in [0.05, 0.1) is 11.9 Å². The Morgan fingerprint density at radius 3 is 3.00 bits per heavy atom. The second kappa shape index (κ2) is 5.45. The Balaban J connectivity index is 1.72. The molecule has 7 heteroatoms. The molecule has 106 valence electrons. The standard InChI is InChI=1S/C14H9F2N3OS/c15-11-3-1-9(7-12(11)16)18-13(20)4-2-10-8-17-14-19(10)5-6-21-14/h1-8H,(H,18,20)/b4-2+. The van der Waals surface area contributed by atoms with Crippen molar-refractivity contribution < 1.29 is 13.6 Å². The highest BCUT2D eigenvalue weighted by atomic mass is 32.1. The molecule has 0 saturated heterocycles. The third kappa shape index (κ3) is 2.82. The fourth-order valence-electron chi connectivity index (χ4n) is 1.79. The Kier molecular flexibility index (Phi) is 3.49. The van der Waals surface area contributed by atoms with Crippen molar-refractivity contribution in [1.29, 1.82) is 0 Å². The molecule has 1 amide bonds. The number of rotatable bonds is 3. The number of benzene rings is 1. The third-order valence-electron chi connectivity index (χ3n) is 2.77. The molecule has 1 aromatic carbocycles. The van der Waals surface area contributed by atoms with Gasteiger partial charge in [0.2, 0.25) is 5.91 Å². The minimum atomic E-state index is -1.01. The highest BCUT2D eigenvalue weighted by Gasteiger charge is 2.05. The van der Waals surface area contributed by atoms with E-state index in [4.69, 9.17) is 0 Å². The maximum absolute atomic E-state index is 13.0. The van der Waals surface area contributed by atoms with E-state index in [1.54, 1.807) is 12.3 Å². The van der Waals surface area contributed by atoms with Crippen LogP contribution in [0.4, 0.5) is 14.5 Å². The van der Waals surface area contributed by atoms with E-state index >= 15 is 0 Å². The Bertz CT molecular complexity index is 838. The zero-order valence-electron chi connectivity index (χ0n) is 10.6. The van der Waals surface area contributed by atoms with E-state index in [0.29, 0.717) is 0 Å². The number of hydrogen-bond donors (Lipinski definition) is 1. The van der Waals surface area contributed by atoms with E-state index in [9.17, 15) is 13.6 Å². The Labute approximate surface area is 122 Å². The van der Waals surface area contributed by atoms with E-state index < -0.39 is 17.5 Å². The van der Waals surface area contributed by atoms with E-state index in [0.717, 1.165) is 22.8 Å². The van der Waals surface area contributed by atoms with Crippen LogP contribution in [0.2, 0.25) is 0 Å². The molecular weight excluding hydrogens is 296 g/mol. The Morgan fingerprint density at radius 1 is 1.33 bits per heavy atom. The number of aromatic nitrogens is 2. The first-order valence-electron chi connectivity index (χ1n) is 5.98. The summed E-state index contributed by atoms with van der Waals surface area (Å²) in [7, 11) is 0. The SMILES string of the molecule is O=C(/C=C/c1cnc2sccn12)Nc1ccc(F)c(F)c1. The molecule has 1 N–H and O–H groups in total. The highest BCUT2D eigenvalue weighted by molar-refractivity contribution is 7.15. The van der Waals surface area contributed by atoms with Gasteiger partial charge in [0.25, 0.3) is 0 Å². The quantitative estimate of drug-likeness (QED) is 0.755. The van der Waals surface area contributed by atoms with Crippen LogP contribution < -0.4 is 5.32 Å². The number of nitrogens with zero attached hydrogens (tertiary/aromatic N) is 2. The molecule has 2 heterocycles. The molecule has 4 nitrogen and oxygen atoms in total. The number of carbonyl (C=O) groups excluding carboxylic acids is 1. The predicted molar refractivity (Wildman–Crippen MR) is 77.1 cm³/mol. The topological polar surface area (TPSA) is 46.4 Å². The largest absolute Gasteiger partial charge is 0.322 e. The maximum Gasteiger partial charge on any atom is 0.248 e. The number of halogens is 2. The van der Waals surface area contributed by atoms with Crippen molar-refractivity contribution in [2.24, 2.45) is 0 Å². The van der Waals surface area contributed by atoms with Crippen molar-refractivity contribution >= 4 is 34.0 Å².